The van der Waals surface area contributed by atoms with Gasteiger partial charge >= 0.3 is 17.9 Å². The summed E-state index contributed by atoms with van der Waals surface area (Å²) < 4.78 is 26.7. The first-order valence-electron chi connectivity index (χ1n) is 11.9. The van der Waals surface area contributed by atoms with Gasteiger partial charge in [-0.2, -0.15) is 0 Å². The van der Waals surface area contributed by atoms with E-state index in [0.29, 0.717) is 51.4 Å². The minimum Gasteiger partial charge on any atom is -0.490 e. The van der Waals surface area contributed by atoms with E-state index in [9.17, 15) is 9.59 Å². The third-order valence-electron chi connectivity index (χ3n) is 5.30. The molecule has 0 bridgehead atoms. The first kappa shape index (κ1) is 27.2. The van der Waals surface area contributed by atoms with Gasteiger partial charge in [0.05, 0.1) is 38.2 Å². The van der Waals surface area contributed by atoms with Gasteiger partial charge in [0.2, 0.25) is 5.27 Å². The molecule has 2 heterocycles. The predicted octanol–water partition coefficient (Wildman–Crippen LogP) is 1.42. The minimum absolute atomic E-state index is 0.141. The van der Waals surface area contributed by atoms with Crippen molar-refractivity contribution in [3.63, 3.8) is 0 Å². The molecule has 2 aromatic rings. The van der Waals surface area contributed by atoms with Gasteiger partial charge in [0.1, 0.15) is 18.5 Å². The number of benzene rings is 1. The summed E-state index contributed by atoms with van der Waals surface area (Å²) in [5, 5.41) is 11.8. The molecular formula is C24H36N5O7+. The zero-order valence-electron chi connectivity index (χ0n) is 21.3. The average molecular weight is 507 g/mol. The molecule has 12 nitrogen and oxygen atoms in total. The van der Waals surface area contributed by atoms with Gasteiger partial charge in [0.25, 0.3) is 6.20 Å². The molecule has 1 fully saturated rings. The Morgan fingerprint density at radius 2 is 1.92 bits per heavy atom. The van der Waals surface area contributed by atoms with Crippen LogP contribution in [-0.4, -0.2) is 75.5 Å². The number of carbonyl (C=O) groups is 2. The van der Waals surface area contributed by atoms with Crippen LogP contribution >= 0.6 is 0 Å². The van der Waals surface area contributed by atoms with E-state index in [1.807, 2.05) is 50.0 Å². The summed E-state index contributed by atoms with van der Waals surface area (Å²) in [5.74, 6) is 0.544. The number of ether oxygens (including phenoxy) is 4. The molecule has 12 heteroatoms. The minimum atomic E-state index is -0.678. The van der Waals surface area contributed by atoms with E-state index >= 15 is 0 Å². The number of morpholine rings is 1. The monoisotopic (exact) mass is 506 g/mol. The number of hydrogen-bond donors (Lipinski definition) is 2. The predicted molar refractivity (Wildman–Crippen MR) is 129 cm³/mol. The van der Waals surface area contributed by atoms with Crippen molar-refractivity contribution < 1.29 is 37.9 Å². The quantitative estimate of drug-likeness (QED) is 0.341. The fourth-order valence-electron chi connectivity index (χ4n) is 3.31. The van der Waals surface area contributed by atoms with Crippen molar-refractivity contribution in [3.8, 4) is 5.75 Å². The van der Waals surface area contributed by atoms with Crippen molar-refractivity contribution in [2.45, 2.75) is 45.3 Å². The lowest BCUT2D eigenvalue weighted by molar-refractivity contribution is -0.759. The molecule has 1 unspecified atom stereocenters. The Morgan fingerprint density at radius 3 is 2.58 bits per heavy atom. The van der Waals surface area contributed by atoms with Crippen molar-refractivity contribution in [2.75, 3.05) is 56.9 Å². The Bertz CT molecular complexity index is 968. The van der Waals surface area contributed by atoms with Crippen LogP contribution in [0.25, 0.3) is 0 Å². The third kappa shape index (κ3) is 9.34. The van der Waals surface area contributed by atoms with E-state index in [4.69, 9.17) is 18.7 Å². The van der Waals surface area contributed by atoms with E-state index in [0.717, 1.165) is 5.56 Å². The number of nitrogens with one attached hydrogen (secondary N) is 2. The molecule has 1 aromatic carbocycles. The van der Waals surface area contributed by atoms with Crippen LogP contribution in [0.3, 0.4) is 0 Å². The number of hydrogen-bond acceptors (Lipinski definition) is 10. The van der Waals surface area contributed by atoms with Crippen LogP contribution in [0, 0.1) is 0 Å². The summed E-state index contributed by atoms with van der Waals surface area (Å²) in [6, 6.07) is 7.42. The Morgan fingerprint density at radius 1 is 1.19 bits per heavy atom. The number of aromatic nitrogens is 2. The number of anilines is 1. The number of aryl methyl sites for hydroxylation is 1. The Labute approximate surface area is 210 Å². The average Bonchev–Trinajstić information content (AvgIpc) is 3.33. The molecule has 1 aliphatic heterocycles. The van der Waals surface area contributed by atoms with Crippen molar-refractivity contribution >= 4 is 17.9 Å². The van der Waals surface area contributed by atoms with E-state index in [1.165, 1.54) is 11.9 Å². The maximum Gasteiger partial charge on any atom is 0.414 e. The molecule has 0 aliphatic carbocycles. The molecule has 1 amide bonds. The highest BCUT2D eigenvalue weighted by Crippen LogP contribution is 2.15. The van der Waals surface area contributed by atoms with Crippen molar-refractivity contribution in [1.29, 1.82) is 0 Å². The van der Waals surface area contributed by atoms with Crippen LogP contribution in [0.1, 0.15) is 32.8 Å². The van der Waals surface area contributed by atoms with E-state index < -0.39 is 12.2 Å². The largest absolute Gasteiger partial charge is 0.490 e. The van der Waals surface area contributed by atoms with Crippen LogP contribution in [0.5, 0.6) is 5.75 Å². The molecule has 2 N–H and O–H groups in total. The SMILES string of the molecule is COC(=O)CCc1ccc(OCC(CNC(C)(C)C)OC(=O)Nc2c[n+](N3CCOCC3)no2)cc1. The summed E-state index contributed by atoms with van der Waals surface area (Å²) in [5.41, 5.74) is 0.823. The van der Waals surface area contributed by atoms with E-state index in [1.54, 1.807) is 6.20 Å². The number of amides is 1. The van der Waals surface area contributed by atoms with Crippen LogP contribution < -0.4 is 25.2 Å². The second kappa shape index (κ2) is 13.1. The summed E-state index contributed by atoms with van der Waals surface area (Å²) in [4.78, 5) is 25.4. The smallest absolute Gasteiger partial charge is 0.414 e. The Kier molecular flexibility index (Phi) is 9.88. The molecule has 198 valence electrons. The van der Waals surface area contributed by atoms with Gasteiger partial charge in [0.15, 0.2) is 0 Å². The van der Waals surface area contributed by atoms with Crippen molar-refractivity contribution in [2.24, 2.45) is 0 Å². The van der Waals surface area contributed by atoms with E-state index in [2.05, 4.69) is 20.6 Å². The summed E-state index contributed by atoms with van der Waals surface area (Å²) in [6.45, 7) is 9.15. The molecule has 0 radical (unpaired) electrons. The topological polar surface area (TPSA) is 128 Å². The normalized spacial score (nSPS) is 14.7. The molecule has 1 aromatic heterocycles. The molecular weight excluding hydrogens is 470 g/mol. The van der Waals surface area contributed by atoms with Gasteiger partial charge in [0, 0.05) is 18.5 Å². The number of carbonyl (C=O) groups excluding carboxylic acids is 2. The highest BCUT2D eigenvalue weighted by Gasteiger charge is 2.25. The van der Waals surface area contributed by atoms with Gasteiger partial charge < -0.3 is 24.3 Å². The van der Waals surface area contributed by atoms with Crippen LogP contribution in [0.15, 0.2) is 35.0 Å². The maximum atomic E-state index is 12.6. The lowest BCUT2D eigenvalue weighted by Gasteiger charge is -2.25. The molecule has 1 atom stereocenters. The third-order valence-corrected chi connectivity index (χ3v) is 5.30. The fourth-order valence-corrected chi connectivity index (χ4v) is 3.31. The summed E-state index contributed by atoms with van der Waals surface area (Å²) >= 11 is 0. The first-order chi connectivity index (χ1) is 17.2. The lowest BCUT2D eigenvalue weighted by Crippen LogP contribution is -2.62. The summed E-state index contributed by atoms with van der Waals surface area (Å²) in [7, 11) is 1.37. The maximum absolute atomic E-state index is 12.6. The van der Waals surface area contributed by atoms with Crippen molar-refractivity contribution in [1.82, 2.24) is 10.6 Å². The van der Waals surface area contributed by atoms with Crippen LogP contribution in [0.4, 0.5) is 10.7 Å². The van der Waals surface area contributed by atoms with Gasteiger partial charge in [-0.25, -0.2) is 4.79 Å². The molecule has 0 spiro atoms. The highest BCUT2D eigenvalue weighted by molar-refractivity contribution is 5.82. The molecule has 1 aliphatic rings. The van der Waals surface area contributed by atoms with Gasteiger partial charge in [-0.05, 0) is 44.9 Å². The van der Waals surface area contributed by atoms with Gasteiger partial charge in [-0.1, -0.05) is 12.1 Å². The van der Waals surface area contributed by atoms with Crippen LogP contribution in [-0.2, 0) is 25.4 Å². The highest BCUT2D eigenvalue weighted by atomic mass is 16.6. The Balaban J connectivity index is 1.52. The second-order valence-electron chi connectivity index (χ2n) is 9.37. The molecule has 36 heavy (non-hydrogen) atoms. The van der Waals surface area contributed by atoms with Crippen molar-refractivity contribution in [3.05, 3.63) is 36.0 Å². The molecule has 3 rings (SSSR count). The lowest BCUT2D eigenvalue weighted by atomic mass is 10.1. The zero-order valence-corrected chi connectivity index (χ0v) is 21.3. The number of nitrogens with zero attached hydrogens (tertiary/aromatic N) is 3. The van der Waals surface area contributed by atoms with E-state index in [-0.39, 0.29) is 24.0 Å². The Hall–Kier alpha value is -3.38. The fraction of sp³-hybridized carbons (Fsp3) is 0.583. The zero-order chi connectivity index (χ0) is 26.0. The standard InChI is InChI=1S/C24H35N5O7/c1-24(2,3)25-15-20(17-34-19-8-5-18(6-9-19)7-10-22(30)32-4)35-23(31)26-21-16-29(27-36-21)28-11-13-33-14-12-28/h5-6,8-9,16,20,25H,7,10-15,17H2,1-4H3/p+1. The van der Waals surface area contributed by atoms with Gasteiger partial charge in [-0.3, -0.25) is 14.6 Å². The number of esters is 1. The molecule has 0 saturated carbocycles. The summed E-state index contributed by atoms with van der Waals surface area (Å²) in [6.07, 6.45) is 1.23. The number of rotatable bonds is 11. The van der Waals surface area contributed by atoms with Gasteiger partial charge in [-0.15, -0.1) is 5.01 Å². The number of methoxy groups -OCH3 is 1. The molecule has 1 saturated heterocycles. The second-order valence-corrected chi connectivity index (χ2v) is 9.37. The van der Waals surface area contributed by atoms with Crippen LogP contribution in [0.2, 0.25) is 0 Å². The first-order valence-corrected chi connectivity index (χ1v) is 11.9.